The summed E-state index contributed by atoms with van der Waals surface area (Å²) in [6.07, 6.45) is -3.95. The topological polar surface area (TPSA) is 33.1 Å². The van der Waals surface area contributed by atoms with Crippen LogP contribution in [0.2, 0.25) is 0 Å². The summed E-state index contributed by atoms with van der Waals surface area (Å²) in [5.74, 6) is -1.61. The van der Waals surface area contributed by atoms with E-state index in [-0.39, 0.29) is 0 Å². The maximum atomic E-state index is 12.6. The number of aromatic nitrogens is 1. The number of aliphatic hydroxyl groups is 1. The Morgan fingerprint density at radius 3 is 2.38 bits per heavy atom. The molecule has 0 unspecified atom stereocenters. The van der Waals surface area contributed by atoms with E-state index in [0.717, 1.165) is 12.3 Å². The molecule has 0 aliphatic rings. The highest BCUT2D eigenvalue weighted by Gasteiger charge is 2.37. The lowest BCUT2D eigenvalue weighted by atomic mass is 10.1. The quantitative estimate of drug-likeness (QED) is 0.546. The molecule has 13 heavy (non-hydrogen) atoms. The fourth-order valence-electron chi connectivity index (χ4n) is 0.904. The van der Waals surface area contributed by atoms with Crippen molar-refractivity contribution in [3.8, 4) is 0 Å². The molecule has 1 N–H and O–H groups in total. The smallest absolute Gasteiger partial charge is 0.392 e. The fourth-order valence-corrected chi connectivity index (χ4v) is 0.904. The van der Waals surface area contributed by atoms with Crippen molar-refractivity contribution in [3.05, 3.63) is 29.3 Å². The highest BCUT2D eigenvalue weighted by Crippen LogP contribution is 2.33. The van der Waals surface area contributed by atoms with Crippen LogP contribution in [0.1, 0.15) is 11.1 Å². The van der Waals surface area contributed by atoms with Gasteiger partial charge in [-0.15, -0.1) is 0 Å². The molecule has 0 aliphatic heterocycles. The number of hydrogen-bond donors (Lipinski definition) is 1. The first kappa shape index (κ1) is 9.91. The van der Waals surface area contributed by atoms with Gasteiger partial charge in [0.1, 0.15) is 5.56 Å². The maximum absolute atomic E-state index is 12.6. The summed E-state index contributed by atoms with van der Waals surface area (Å²) in [6, 6.07) is 0.923. The van der Waals surface area contributed by atoms with Gasteiger partial charge in [0.25, 0.3) is 0 Å². The lowest BCUT2D eigenvalue weighted by Gasteiger charge is -2.10. The van der Waals surface area contributed by atoms with Crippen LogP contribution in [-0.4, -0.2) is 10.1 Å². The number of pyridine rings is 1. The Balaban J connectivity index is 3.32. The Kier molecular flexibility index (Phi) is 2.51. The van der Waals surface area contributed by atoms with Crippen LogP contribution in [0.25, 0.3) is 0 Å². The molecule has 1 heterocycles. The lowest BCUT2D eigenvalue weighted by Crippen LogP contribution is -2.13. The summed E-state index contributed by atoms with van der Waals surface area (Å²) in [4.78, 5) is 2.86. The monoisotopic (exact) mass is 195 g/mol. The van der Waals surface area contributed by atoms with Gasteiger partial charge in [0.15, 0.2) is 0 Å². The second-order valence-electron chi connectivity index (χ2n) is 2.29. The molecule has 72 valence electrons. The van der Waals surface area contributed by atoms with Crippen LogP contribution in [0.4, 0.5) is 17.6 Å². The van der Waals surface area contributed by atoms with Crippen LogP contribution in [0.3, 0.4) is 0 Å². The van der Waals surface area contributed by atoms with Gasteiger partial charge in [-0.3, -0.25) is 0 Å². The molecule has 1 aromatic heterocycles. The summed E-state index contributed by atoms with van der Waals surface area (Å²) in [6.45, 7) is -0.867. The number of nitrogens with zero attached hydrogens (tertiary/aromatic N) is 1. The molecule has 1 rings (SSSR count). The van der Waals surface area contributed by atoms with Gasteiger partial charge in [0.2, 0.25) is 5.95 Å². The van der Waals surface area contributed by atoms with Crippen molar-refractivity contribution in [1.82, 2.24) is 4.98 Å². The van der Waals surface area contributed by atoms with Crippen LogP contribution in [0.5, 0.6) is 0 Å². The highest BCUT2D eigenvalue weighted by atomic mass is 19.4. The van der Waals surface area contributed by atoms with Gasteiger partial charge >= 0.3 is 6.18 Å². The molecule has 0 atom stereocenters. The first-order chi connectivity index (χ1) is 5.96. The molecule has 0 amide bonds. The Morgan fingerprint density at radius 1 is 1.38 bits per heavy atom. The van der Waals surface area contributed by atoms with Crippen molar-refractivity contribution < 1.29 is 22.7 Å². The molecular formula is C7H5F4NO. The van der Waals surface area contributed by atoms with E-state index < -0.39 is 29.9 Å². The van der Waals surface area contributed by atoms with Gasteiger partial charge in [-0.2, -0.15) is 17.6 Å². The molecule has 0 saturated carbocycles. The summed E-state index contributed by atoms with van der Waals surface area (Å²) in [7, 11) is 0. The van der Waals surface area contributed by atoms with Crippen molar-refractivity contribution in [2.75, 3.05) is 0 Å². The number of alkyl halides is 3. The van der Waals surface area contributed by atoms with Crippen LogP contribution in [0, 0.1) is 5.95 Å². The third-order valence-electron chi connectivity index (χ3n) is 1.44. The van der Waals surface area contributed by atoms with Crippen LogP contribution < -0.4 is 0 Å². The van der Waals surface area contributed by atoms with Crippen LogP contribution in [0.15, 0.2) is 12.3 Å². The van der Waals surface area contributed by atoms with Gasteiger partial charge in [-0.1, -0.05) is 0 Å². The average molecular weight is 195 g/mol. The van der Waals surface area contributed by atoms with Crippen LogP contribution in [-0.2, 0) is 12.8 Å². The molecule has 6 heteroatoms. The predicted octanol–water partition coefficient (Wildman–Crippen LogP) is 1.73. The van der Waals surface area contributed by atoms with Gasteiger partial charge < -0.3 is 5.11 Å². The number of aliphatic hydroxyl groups excluding tert-OH is 1. The Hall–Kier alpha value is -1.17. The fraction of sp³-hybridized carbons (Fsp3) is 0.286. The standard InChI is InChI=1S/C7H5F4NO/c8-6-5(7(9,10)11)4(3-13)1-2-12-6/h1-2,13H,3H2. The van der Waals surface area contributed by atoms with E-state index in [9.17, 15) is 17.6 Å². The zero-order valence-corrected chi connectivity index (χ0v) is 6.27. The summed E-state index contributed by atoms with van der Waals surface area (Å²) >= 11 is 0. The Labute approximate surface area is 70.8 Å². The van der Waals surface area contributed by atoms with Crippen molar-refractivity contribution in [2.24, 2.45) is 0 Å². The van der Waals surface area contributed by atoms with Gasteiger partial charge in [0, 0.05) is 6.20 Å². The first-order valence-corrected chi connectivity index (χ1v) is 3.28. The first-order valence-electron chi connectivity index (χ1n) is 3.28. The molecule has 2 nitrogen and oxygen atoms in total. The third kappa shape index (κ3) is 1.95. The van der Waals surface area contributed by atoms with Gasteiger partial charge in [-0.05, 0) is 11.6 Å². The molecule has 0 fully saturated rings. The lowest BCUT2D eigenvalue weighted by molar-refractivity contribution is -0.141. The van der Waals surface area contributed by atoms with E-state index in [1.54, 1.807) is 0 Å². The number of halogens is 4. The number of hydrogen-bond acceptors (Lipinski definition) is 2. The minimum Gasteiger partial charge on any atom is -0.392 e. The van der Waals surface area contributed by atoms with E-state index in [0.29, 0.717) is 0 Å². The zero-order valence-electron chi connectivity index (χ0n) is 6.27. The highest BCUT2D eigenvalue weighted by molar-refractivity contribution is 5.26. The zero-order chi connectivity index (χ0) is 10.1. The van der Waals surface area contributed by atoms with E-state index in [1.807, 2.05) is 0 Å². The predicted molar refractivity (Wildman–Crippen MR) is 35.1 cm³/mol. The van der Waals surface area contributed by atoms with Crippen LogP contribution >= 0.6 is 0 Å². The summed E-state index contributed by atoms with van der Waals surface area (Å²) in [5.41, 5.74) is -2.02. The molecule has 0 saturated heterocycles. The second-order valence-corrected chi connectivity index (χ2v) is 2.29. The molecule has 0 aliphatic carbocycles. The molecule has 0 bridgehead atoms. The SMILES string of the molecule is OCc1ccnc(F)c1C(F)(F)F. The molecular weight excluding hydrogens is 190 g/mol. The summed E-state index contributed by atoms with van der Waals surface area (Å²) < 4.78 is 48.9. The third-order valence-corrected chi connectivity index (χ3v) is 1.44. The minimum atomic E-state index is -4.82. The minimum absolute atomic E-state index is 0.514. The van der Waals surface area contributed by atoms with E-state index in [4.69, 9.17) is 5.11 Å². The second kappa shape index (κ2) is 3.29. The largest absolute Gasteiger partial charge is 0.421 e. The van der Waals surface area contributed by atoms with E-state index in [1.165, 1.54) is 0 Å². The van der Waals surface area contributed by atoms with Gasteiger partial charge in [0.05, 0.1) is 6.61 Å². The molecule has 0 spiro atoms. The van der Waals surface area contributed by atoms with Gasteiger partial charge in [-0.25, -0.2) is 4.98 Å². The van der Waals surface area contributed by atoms with E-state index in [2.05, 4.69) is 4.98 Å². The maximum Gasteiger partial charge on any atom is 0.421 e. The van der Waals surface area contributed by atoms with E-state index >= 15 is 0 Å². The normalized spacial score (nSPS) is 11.8. The molecule has 1 aromatic rings. The Bertz CT molecular complexity index is 310. The van der Waals surface area contributed by atoms with Crippen molar-refractivity contribution in [3.63, 3.8) is 0 Å². The summed E-state index contributed by atoms with van der Waals surface area (Å²) in [5, 5.41) is 8.51. The Morgan fingerprint density at radius 2 is 2.00 bits per heavy atom. The average Bonchev–Trinajstić information content (AvgIpc) is 2.01. The van der Waals surface area contributed by atoms with Crippen molar-refractivity contribution >= 4 is 0 Å². The molecule has 0 aromatic carbocycles. The van der Waals surface area contributed by atoms with Crippen molar-refractivity contribution in [2.45, 2.75) is 12.8 Å². The van der Waals surface area contributed by atoms with Crippen molar-refractivity contribution in [1.29, 1.82) is 0 Å². The molecule has 0 radical (unpaired) electrons. The number of rotatable bonds is 1.